The van der Waals surface area contributed by atoms with E-state index in [1.165, 1.54) is 12.0 Å². The lowest BCUT2D eigenvalue weighted by molar-refractivity contribution is -0.131. The highest BCUT2D eigenvalue weighted by molar-refractivity contribution is 5.77. The molecule has 3 aliphatic rings. The molecule has 0 radical (unpaired) electrons. The number of aryl methyl sites for hydroxylation is 1. The first-order valence-electron chi connectivity index (χ1n) is 9.71. The summed E-state index contributed by atoms with van der Waals surface area (Å²) < 4.78 is 6.42. The molecule has 3 saturated heterocycles. The molecule has 3 heterocycles. The van der Waals surface area contributed by atoms with Gasteiger partial charge in [-0.25, -0.2) is 0 Å². The standard InChI is InChI=1S/C20H28N2O2.CH2O2/c1-21(2)12-16-17-13-22(14-20(17)11-10-18(16)24-20)19(23)9-8-15-6-4-3-5-7-15;2-1-3/h3-7,16-18H,8-14H2,1-2H3;1H,(H,2,3)/t16-,17+,18+,20+;/m0./s1. The third kappa shape index (κ3) is 4.17. The van der Waals surface area contributed by atoms with Gasteiger partial charge in [0.2, 0.25) is 5.91 Å². The second-order valence-electron chi connectivity index (χ2n) is 8.16. The lowest BCUT2D eigenvalue weighted by Crippen LogP contribution is -2.40. The monoisotopic (exact) mass is 374 g/mol. The van der Waals surface area contributed by atoms with Gasteiger partial charge in [-0.05, 0) is 38.9 Å². The highest BCUT2D eigenvalue weighted by atomic mass is 16.5. The Morgan fingerprint density at radius 2 is 2.07 bits per heavy atom. The molecule has 1 aromatic carbocycles. The Balaban J connectivity index is 0.000000659. The Hall–Kier alpha value is -1.92. The van der Waals surface area contributed by atoms with E-state index in [0.29, 0.717) is 30.3 Å². The van der Waals surface area contributed by atoms with Crippen LogP contribution in [0.1, 0.15) is 24.8 Å². The first kappa shape index (κ1) is 19.8. The van der Waals surface area contributed by atoms with Crippen molar-refractivity contribution < 1.29 is 19.4 Å². The van der Waals surface area contributed by atoms with E-state index in [1.807, 2.05) is 18.2 Å². The Morgan fingerprint density at radius 3 is 2.74 bits per heavy atom. The summed E-state index contributed by atoms with van der Waals surface area (Å²) in [4.78, 5) is 25.4. The number of amides is 1. The molecule has 2 bridgehead atoms. The molecule has 6 nitrogen and oxygen atoms in total. The van der Waals surface area contributed by atoms with E-state index < -0.39 is 0 Å². The fraction of sp³-hybridized carbons (Fsp3) is 0.619. The van der Waals surface area contributed by atoms with Crippen molar-refractivity contribution in [2.75, 3.05) is 33.7 Å². The summed E-state index contributed by atoms with van der Waals surface area (Å²) in [5.74, 6) is 1.40. The molecular weight excluding hydrogens is 344 g/mol. The normalized spacial score (nSPS) is 30.8. The largest absolute Gasteiger partial charge is 0.483 e. The van der Waals surface area contributed by atoms with Gasteiger partial charge in [-0.15, -0.1) is 0 Å². The van der Waals surface area contributed by atoms with Crippen LogP contribution in [0.4, 0.5) is 0 Å². The van der Waals surface area contributed by atoms with Crippen molar-refractivity contribution in [3.05, 3.63) is 35.9 Å². The zero-order valence-electron chi connectivity index (χ0n) is 16.2. The molecule has 0 aliphatic carbocycles. The van der Waals surface area contributed by atoms with E-state index in [1.54, 1.807) is 0 Å². The minimum Gasteiger partial charge on any atom is -0.483 e. The average Bonchev–Trinajstić information content (AvgIpc) is 3.31. The topological polar surface area (TPSA) is 70.1 Å². The van der Waals surface area contributed by atoms with Crippen LogP contribution < -0.4 is 0 Å². The van der Waals surface area contributed by atoms with Crippen LogP contribution in [0.2, 0.25) is 0 Å². The molecule has 0 saturated carbocycles. The van der Waals surface area contributed by atoms with Crippen LogP contribution in [0.25, 0.3) is 0 Å². The number of rotatable bonds is 5. The minimum absolute atomic E-state index is 0.0340. The number of fused-ring (bicyclic) bond motifs is 1. The lowest BCUT2D eigenvalue weighted by atomic mass is 9.73. The zero-order valence-corrected chi connectivity index (χ0v) is 16.2. The first-order chi connectivity index (χ1) is 13.0. The number of carbonyl (C=O) groups excluding carboxylic acids is 1. The molecule has 1 aromatic rings. The quantitative estimate of drug-likeness (QED) is 0.797. The SMILES string of the molecule is CN(C)C[C@H]1[C@H]2CN(C(=O)CCc3ccccc3)C[C@]23CC[C@H]1O3.O=CO. The van der Waals surface area contributed by atoms with Crippen LogP contribution in [0.15, 0.2) is 30.3 Å². The molecule has 0 unspecified atom stereocenters. The minimum atomic E-state index is -0.250. The van der Waals surface area contributed by atoms with Crippen LogP contribution >= 0.6 is 0 Å². The molecular formula is C21H30N2O4. The van der Waals surface area contributed by atoms with Gasteiger partial charge in [-0.3, -0.25) is 9.59 Å². The number of likely N-dealkylation sites (tertiary alicyclic amines) is 1. The van der Waals surface area contributed by atoms with E-state index in [9.17, 15) is 4.79 Å². The van der Waals surface area contributed by atoms with Crippen molar-refractivity contribution >= 4 is 12.4 Å². The van der Waals surface area contributed by atoms with Crippen molar-refractivity contribution in [2.45, 2.75) is 37.4 Å². The number of hydrogen-bond donors (Lipinski definition) is 1. The van der Waals surface area contributed by atoms with Crippen molar-refractivity contribution in [3.8, 4) is 0 Å². The number of ether oxygens (including phenoxy) is 1. The van der Waals surface area contributed by atoms with Gasteiger partial charge in [-0.2, -0.15) is 0 Å². The molecule has 148 valence electrons. The van der Waals surface area contributed by atoms with E-state index >= 15 is 0 Å². The van der Waals surface area contributed by atoms with E-state index in [2.05, 4.69) is 36.0 Å². The van der Waals surface area contributed by atoms with E-state index in [0.717, 1.165) is 32.5 Å². The third-order valence-electron chi connectivity index (χ3n) is 6.18. The second-order valence-corrected chi connectivity index (χ2v) is 8.16. The highest BCUT2D eigenvalue weighted by Gasteiger charge is 2.63. The summed E-state index contributed by atoms with van der Waals surface area (Å²) in [5, 5.41) is 6.89. The molecule has 3 aliphatic heterocycles. The van der Waals surface area contributed by atoms with E-state index in [-0.39, 0.29) is 12.1 Å². The predicted octanol–water partition coefficient (Wildman–Crippen LogP) is 1.89. The van der Waals surface area contributed by atoms with Gasteiger partial charge in [0.1, 0.15) is 0 Å². The van der Waals surface area contributed by atoms with Crippen LogP contribution in [-0.4, -0.2) is 72.7 Å². The maximum atomic E-state index is 12.7. The number of carbonyl (C=O) groups is 2. The van der Waals surface area contributed by atoms with Gasteiger partial charge < -0.3 is 19.6 Å². The maximum Gasteiger partial charge on any atom is 0.290 e. The summed E-state index contributed by atoms with van der Waals surface area (Å²) in [7, 11) is 4.27. The lowest BCUT2D eigenvalue weighted by Gasteiger charge is -2.30. The fourth-order valence-electron chi connectivity index (χ4n) is 5.10. The first-order valence-corrected chi connectivity index (χ1v) is 9.71. The number of nitrogens with zero attached hydrogens (tertiary/aromatic N) is 2. The molecule has 3 fully saturated rings. The zero-order chi connectivity index (χ0) is 19.4. The van der Waals surface area contributed by atoms with Gasteiger partial charge in [0.15, 0.2) is 0 Å². The van der Waals surface area contributed by atoms with Crippen LogP contribution in [0.3, 0.4) is 0 Å². The predicted molar refractivity (Wildman–Crippen MR) is 102 cm³/mol. The van der Waals surface area contributed by atoms with Crippen molar-refractivity contribution in [2.24, 2.45) is 11.8 Å². The summed E-state index contributed by atoms with van der Waals surface area (Å²) >= 11 is 0. The van der Waals surface area contributed by atoms with Gasteiger partial charge >= 0.3 is 0 Å². The highest BCUT2D eigenvalue weighted by Crippen LogP contribution is 2.54. The van der Waals surface area contributed by atoms with Gasteiger partial charge in [-0.1, -0.05) is 30.3 Å². The molecule has 1 N–H and O–H groups in total. The van der Waals surface area contributed by atoms with Crippen molar-refractivity contribution in [1.82, 2.24) is 9.80 Å². The molecule has 4 rings (SSSR count). The summed E-state index contributed by atoms with van der Waals surface area (Å²) in [6, 6.07) is 10.3. The Kier molecular flexibility index (Phi) is 6.17. The third-order valence-corrected chi connectivity index (χ3v) is 6.18. The number of hydrogen-bond acceptors (Lipinski definition) is 4. The summed E-state index contributed by atoms with van der Waals surface area (Å²) in [6.45, 7) is 2.53. The van der Waals surface area contributed by atoms with Gasteiger partial charge in [0.05, 0.1) is 18.2 Å². The molecule has 0 aromatic heterocycles. The second kappa shape index (κ2) is 8.40. The number of benzene rings is 1. The van der Waals surface area contributed by atoms with Crippen LogP contribution in [0.5, 0.6) is 0 Å². The summed E-state index contributed by atoms with van der Waals surface area (Å²) in [6.07, 6.45) is 4.15. The smallest absolute Gasteiger partial charge is 0.290 e. The van der Waals surface area contributed by atoms with Gasteiger partial charge in [0, 0.05) is 31.3 Å². The van der Waals surface area contributed by atoms with Crippen LogP contribution in [-0.2, 0) is 20.7 Å². The molecule has 6 heteroatoms. The van der Waals surface area contributed by atoms with Gasteiger partial charge in [0.25, 0.3) is 6.47 Å². The Morgan fingerprint density at radius 1 is 1.37 bits per heavy atom. The molecule has 27 heavy (non-hydrogen) atoms. The fourth-order valence-corrected chi connectivity index (χ4v) is 5.10. The van der Waals surface area contributed by atoms with E-state index in [4.69, 9.17) is 14.6 Å². The number of carboxylic acid groups (broad SMARTS) is 1. The Bertz CT molecular complexity index is 651. The summed E-state index contributed by atoms with van der Waals surface area (Å²) in [5.41, 5.74) is 1.21. The van der Waals surface area contributed by atoms with Crippen LogP contribution in [0, 0.1) is 11.8 Å². The molecule has 4 atom stereocenters. The Labute approximate surface area is 161 Å². The van der Waals surface area contributed by atoms with Crippen molar-refractivity contribution in [1.29, 1.82) is 0 Å². The van der Waals surface area contributed by atoms with Crippen molar-refractivity contribution in [3.63, 3.8) is 0 Å². The molecule has 1 spiro atoms. The molecule has 1 amide bonds. The maximum absolute atomic E-state index is 12.7. The average molecular weight is 374 g/mol.